The van der Waals surface area contributed by atoms with Gasteiger partial charge in [0.2, 0.25) is 0 Å². The Kier molecular flexibility index (Phi) is 4.98. The zero-order valence-corrected chi connectivity index (χ0v) is 17.5. The zero-order chi connectivity index (χ0) is 19.1. The van der Waals surface area contributed by atoms with Gasteiger partial charge in [0.05, 0.1) is 11.3 Å². The molecule has 1 aromatic carbocycles. The minimum absolute atomic E-state index is 0.0609. The normalized spacial score (nSPS) is 17.1. The highest BCUT2D eigenvalue weighted by Crippen LogP contribution is 2.51. The van der Waals surface area contributed by atoms with Gasteiger partial charge in [0.25, 0.3) is 0 Å². The van der Waals surface area contributed by atoms with Gasteiger partial charge in [-0.25, -0.2) is 0 Å². The SMILES string of the molecule is Cc1cc2c(cc1C#Cc1ccc(CC(=O)O)s1)C(C)(C)CC(C)(C)S2. The molecule has 0 bridgehead atoms. The number of rotatable bonds is 2. The van der Waals surface area contributed by atoms with Gasteiger partial charge in [0.15, 0.2) is 0 Å². The Labute approximate surface area is 164 Å². The molecule has 0 aliphatic carbocycles. The van der Waals surface area contributed by atoms with Gasteiger partial charge in [0, 0.05) is 20.1 Å². The maximum absolute atomic E-state index is 10.8. The summed E-state index contributed by atoms with van der Waals surface area (Å²) >= 11 is 3.42. The summed E-state index contributed by atoms with van der Waals surface area (Å²) in [5.74, 6) is 5.72. The Morgan fingerprint density at radius 3 is 2.62 bits per heavy atom. The van der Waals surface area contributed by atoms with E-state index >= 15 is 0 Å². The number of carbonyl (C=O) groups is 1. The minimum Gasteiger partial charge on any atom is -0.481 e. The second-order valence-corrected chi connectivity index (χ2v) is 11.1. The minimum atomic E-state index is -0.806. The first-order valence-corrected chi connectivity index (χ1v) is 10.4. The van der Waals surface area contributed by atoms with Crippen molar-refractivity contribution in [1.82, 2.24) is 0 Å². The van der Waals surface area contributed by atoms with Crippen molar-refractivity contribution in [2.45, 2.75) is 62.5 Å². The van der Waals surface area contributed by atoms with Gasteiger partial charge in [-0.05, 0) is 54.2 Å². The summed E-state index contributed by atoms with van der Waals surface area (Å²) in [5.41, 5.74) is 3.77. The summed E-state index contributed by atoms with van der Waals surface area (Å²) in [7, 11) is 0. The quantitative estimate of drug-likeness (QED) is 0.681. The van der Waals surface area contributed by atoms with Crippen LogP contribution in [0.25, 0.3) is 0 Å². The molecule has 2 heterocycles. The number of carboxylic acid groups (broad SMARTS) is 1. The molecule has 2 nitrogen and oxygen atoms in total. The molecule has 0 saturated heterocycles. The highest BCUT2D eigenvalue weighted by molar-refractivity contribution is 8.00. The van der Waals surface area contributed by atoms with Crippen molar-refractivity contribution in [3.05, 3.63) is 50.7 Å². The Morgan fingerprint density at radius 2 is 1.92 bits per heavy atom. The highest BCUT2D eigenvalue weighted by Gasteiger charge is 2.38. The zero-order valence-electron chi connectivity index (χ0n) is 15.9. The molecule has 1 aliphatic rings. The molecule has 1 N–H and O–H groups in total. The first kappa shape index (κ1) is 19.1. The van der Waals surface area contributed by atoms with E-state index in [-0.39, 0.29) is 16.6 Å². The predicted molar refractivity (Wildman–Crippen MR) is 110 cm³/mol. The monoisotopic (exact) mass is 384 g/mol. The maximum atomic E-state index is 10.8. The third-order valence-corrected chi connectivity index (χ3v) is 6.87. The van der Waals surface area contributed by atoms with E-state index in [0.717, 1.165) is 21.7 Å². The Balaban J connectivity index is 1.94. The van der Waals surface area contributed by atoms with Crippen molar-refractivity contribution in [1.29, 1.82) is 0 Å². The van der Waals surface area contributed by atoms with Crippen LogP contribution in [0.3, 0.4) is 0 Å². The van der Waals surface area contributed by atoms with E-state index in [1.807, 2.05) is 23.9 Å². The second-order valence-electron chi connectivity index (χ2n) is 8.17. The van der Waals surface area contributed by atoms with E-state index in [2.05, 4.69) is 58.6 Å². The van der Waals surface area contributed by atoms with Gasteiger partial charge in [-0.15, -0.1) is 23.1 Å². The van der Waals surface area contributed by atoms with Crippen LogP contribution in [0.5, 0.6) is 0 Å². The van der Waals surface area contributed by atoms with E-state index in [1.165, 1.54) is 27.4 Å². The molecule has 0 amide bonds. The number of hydrogen-bond donors (Lipinski definition) is 1. The maximum Gasteiger partial charge on any atom is 0.308 e. The summed E-state index contributed by atoms with van der Waals surface area (Å²) in [5, 5.41) is 8.89. The topological polar surface area (TPSA) is 37.3 Å². The lowest BCUT2D eigenvalue weighted by atomic mass is 9.76. The molecule has 26 heavy (non-hydrogen) atoms. The fourth-order valence-electron chi connectivity index (χ4n) is 3.74. The van der Waals surface area contributed by atoms with Crippen LogP contribution in [-0.4, -0.2) is 15.8 Å². The molecule has 3 rings (SSSR count). The first-order valence-electron chi connectivity index (χ1n) is 8.72. The van der Waals surface area contributed by atoms with Gasteiger partial charge in [-0.1, -0.05) is 39.5 Å². The van der Waals surface area contributed by atoms with Crippen molar-refractivity contribution in [2.24, 2.45) is 0 Å². The van der Waals surface area contributed by atoms with Crippen molar-refractivity contribution >= 4 is 29.1 Å². The molecule has 0 radical (unpaired) electrons. The number of carboxylic acids is 1. The van der Waals surface area contributed by atoms with Crippen LogP contribution in [0.15, 0.2) is 29.2 Å². The number of thioether (sulfide) groups is 1. The molecule has 0 saturated carbocycles. The van der Waals surface area contributed by atoms with Crippen molar-refractivity contribution in [3.8, 4) is 11.8 Å². The number of aliphatic carboxylic acids is 1. The lowest BCUT2D eigenvalue weighted by Gasteiger charge is -2.42. The molecule has 1 aromatic heterocycles. The molecule has 1 aliphatic heterocycles. The van der Waals surface area contributed by atoms with Crippen LogP contribution in [0.1, 0.15) is 60.6 Å². The standard InChI is InChI=1S/C22H24O2S2/c1-14-10-19-18(21(2,3)13-22(4,5)26-19)11-15(14)6-7-16-8-9-17(25-16)12-20(23)24/h8-11H,12-13H2,1-5H3,(H,23,24). The molecular formula is C22H24O2S2. The fourth-order valence-corrected chi connectivity index (χ4v) is 6.30. The largest absolute Gasteiger partial charge is 0.481 e. The van der Waals surface area contributed by atoms with Crippen molar-refractivity contribution < 1.29 is 9.90 Å². The number of aryl methyl sites for hydroxylation is 1. The molecule has 136 valence electrons. The van der Waals surface area contributed by atoms with Gasteiger partial charge >= 0.3 is 5.97 Å². The Hall–Kier alpha value is -1.70. The summed E-state index contributed by atoms with van der Waals surface area (Å²) in [6, 6.07) is 8.29. The number of hydrogen-bond acceptors (Lipinski definition) is 3. The average molecular weight is 385 g/mol. The van der Waals surface area contributed by atoms with Crippen LogP contribution in [0.4, 0.5) is 0 Å². The summed E-state index contributed by atoms with van der Waals surface area (Å²) in [6.45, 7) is 11.4. The Bertz CT molecular complexity index is 923. The number of thiophene rings is 1. The van der Waals surface area contributed by atoms with Crippen LogP contribution >= 0.6 is 23.1 Å². The third-order valence-electron chi connectivity index (χ3n) is 4.62. The van der Waals surface area contributed by atoms with E-state index < -0.39 is 5.97 Å². The van der Waals surface area contributed by atoms with Gasteiger partial charge in [-0.2, -0.15) is 0 Å². The summed E-state index contributed by atoms with van der Waals surface area (Å²) in [4.78, 5) is 13.9. The first-order chi connectivity index (χ1) is 12.1. The van der Waals surface area contributed by atoms with Crippen LogP contribution < -0.4 is 0 Å². The smallest absolute Gasteiger partial charge is 0.308 e. The predicted octanol–water partition coefficient (Wildman–Crippen LogP) is 5.64. The average Bonchev–Trinajstić information content (AvgIpc) is 2.90. The molecular weight excluding hydrogens is 360 g/mol. The molecule has 4 heteroatoms. The number of fused-ring (bicyclic) bond motifs is 1. The van der Waals surface area contributed by atoms with E-state index in [0.29, 0.717) is 0 Å². The van der Waals surface area contributed by atoms with E-state index in [9.17, 15) is 4.79 Å². The number of benzene rings is 1. The van der Waals surface area contributed by atoms with Crippen LogP contribution in [0.2, 0.25) is 0 Å². The highest BCUT2D eigenvalue weighted by atomic mass is 32.2. The molecule has 2 aromatic rings. The summed E-state index contributed by atoms with van der Waals surface area (Å²) in [6.07, 6.45) is 1.20. The van der Waals surface area contributed by atoms with E-state index in [1.54, 1.807) is 0 Å². The third kappa shape index (κ3) is 4.16. The van der Waals surface area contributed by atoms with Crippen molar-refractivity contribution in [2.75, 3.05) is 0 Å². The summed E-state index contributed by atoms with van der Waals surface area (Å²) < 4.78 is 0.244. The second kappa shape index (κ2) is 6.79. The lowest BCUT2D eigenvalue weighted by Crippen LogP contribution is -2.33. The Morgan fingerprint density at radius 1 is 1.19 bits per heavy atom. The fraction of sp³-hybridized carbons (Fsp3) is 0.409. The van der Waals surface area contributed by atoms with Crippen molar-refractivity contribution in [3.63, 3.8) is 0 Å². The molecule has 0 atom stereocenters. The van der Waals surface area contributed by atoms with E-state index in [4.69, 9.17) is 5.11 Å². The molecule has 0 unspecified atom stereocenters. The lowest BCUT2D eigenvalue weighted by molar-refractivity contribution is -0.136. The van der Waals surface area contributed by atoms with Crippen LogP contribution in [-0.2, 0) is 16.6 Å². The molecule has 0 fully saturated rings. The molecule has 0 spiro atoms. The van der Waals surface area contributed by atoms with Gasteiger partial charge in [0.1, 0.15) is 0 Å². The van der Waals surface area contributed by atoms with Crippen LogP contribution in [0, 0.1) is 18.8 Å². The van der Waals surface area contributed by atoms with Gasteiger partial charge < -0.3 is 5.11 Å². The van der Waals surface area contributed by atoms with Gasteiger partial charge in [-0.3, -0.25) is 4.79 Å².